The van der Waals surface area contributed by atoms with E-state index >= 15 is 0 Å². The van der Waals surface area contributed by atoms with E-state index in [1.54, 1.807) is 0 Å². The van der Waals surface area contributed by atoms with Crippen molar-refractivity contribution in [1.29, 1.82) is 0 Å². The molecule has 12 rings (SSSR count). The predicted octanol–water partition coefficient (Wildman–Crippen LogP) is 14.9. The number of anilines is 3. The Morgan fingerprint density at radius 1 is 0.357 bits per heavy atom. The highest BCUT2D eigenvalue weighted by atomic mass is 16.3. The van der Waals surface area contributed by atoms with Gasteiger partial charge in [0.05, 0.1) is 22.1 Å². The van der Waals surface area contributed by atoms with Crippen LogP contribution in [-0.4, -0.2) is 4.57 Å². The molecule has 9 aromatic carbocycles. The monoisotopic (exact) mass is 716 g/mol. The highest BCUT2D eigenvalue weighted by molar-refractivity contribution is 6.15. The van der Waals surface area contributed by atoms with Gasteiger partial charge in [0.25, 0.3) is 0 Å². The molecule has 3 heterocycles. The van der Waals surface area contributed by atoms with Gasteiger partial charge in [0.2, 0.25) is 0 Å². The van der Waals surface area contributed by atoms with Crippen molar-refractivity contribution in [3.63, 3.8) is 0 Å². The first-order valence-electron chi connectivity index (χ1n) is 19.0. The highest BCUT2D eigenvalue weighted by Crippen LogP contribution is 2.43. The molecule has 4 nitrogen and oxygen atoms in total. The van der Waals surface area contributed by atoms with Gasteiger partial charge in [-0.05, 0) is 88.6 Å². The number of hydrogen-bond acceptors (Lipinski definition) is 3. The zero-order chi connectivity index (χ0) is 36.7. The molecule has 0 fully saturated rings. The van der Waals surface area contributed by atoms with Crippen molar-refractivity contribution >= 4 is 93.5 Å². The molecule has 0 aliphatic heterocycles. The molecular weight excluding hydrogens is 685 g/mol. The lowest BCUT2D eigenvalue weighted by molar-refractivity contribution is 0.669. The van der Waals surface area contributed by atoms with Crippen LogP contribution in [0.4, 0.5) is 17.1 Å². The first-order chi connectivity index (χ1) is 27.8. The summed E-state index contributed by atoms with van der Waals surface area (Å²) in [5, 5.41) is 9.32. The number of fused-ring (bicyclic) bond motifs is 10. The average molecular weight is 717 g/mol. The van der Waals surface area contributed by atoms with Crippen molar-refractivity contribution < 1.29 is 8.83 Å². The van der Waals surface area contributed by atoms with E-state index in [0.717, 1.165) is 66.6 Å². The first-order valence-corrected chi connectivity index (χ1v) is 19.0. The summed E-state index contributed by atoms with van der Waals surface area (Å²) in [5.74, 6) is 0. The second-order valence-electron chi connectivity index (χ2n) is 14.5. The fourth-order valence-corrected chi connectivity index (χ4v) is 8.87. The van der Waals surface area contributed by atoms with Gasteiger partial charge < -0.3 is 18.3 Å². The minimum absolute atomic E-state index is 0.827. The third-order valence-corrected chi connectivity index (χ3v) is 11.4. The normalized spacial score (nSPS) is 11.9. The summed E-state index contributed by atoms with van der Waals surface area (Å²) in [4.78, 5) is 2.29. The maximum Gasteiger partial charge on any atom is 0.137 e. The van der Waals surface area contributed by atoms with Crippen LogP contribution in [0.3, 0.4) is 0 Å². The quantitative estimate of drug-likeness (QED) is 0.178. The number of benzene rings is 9. The Hall–Kier alpha value is -7.56. The van der Waals surface area contributed by atoms with Crippen LogP contribution in [0.15, 0.2) is 203 Å². The van der Waals surface area contributed by atoms with Gasteiger partial charge in [0.15, 0.2) is 0 Å². The van der Waals surface area contributed by atoms with Crippen molar-refractivity contribution in [2.45, 2.75) is 0 Å². The molecule has 262 valence electrons. The Morgan fingerprint density at radius 3 is 1.66 bits per heavy atom. The number of furan rings is 2. The average Bonchev–Trinajstić information content (AvgIpc) is 3.93. The third-order valence-electron chi connectivity index (χ3n) is 11.4. The zero-order valence-corrected chi connectivity index (χ0v) is 30.2. The van der Waals surface area contributed by atoms with Gasteiger partial charge in [0, 0.05) is 56.1 Å². The van der Waals surface area contributed by atoms with E-state index in [4.69, 9.17) is 8.83 Å². The molecule has 56 heavy (non-hydrogen) atoms. The van der Waals surface area contributed by atoms with Gasteiger partial charge in [-0.15, -0.1) is 0 Å². The number of nitrogens with zero attached hydrogens (tertiary/aromatic N) is 2. The van der Waals surface area contributed by atoms with Gasteiger partial charge in [0.1, 0.15) is 22.3 Å². The maximum atomic E-state index is 6.75. The molecule has 0 N–H and O–H groups in total. The summed E-state index contributed by atoms with van der Waals surface area (Å²) in [6.45, 7) is 0. The second-order valence-corrected chi connectivity index (χ2v) is 14.5. The Morgan fingerprint density at radius 2 is 0.893 bits per heavy atom. The standard InChI is InChI=1S/C52H32N2O2/c1-2-13-38-33(11-1)12-9-17-39(38)34-23-25-35(26-24-34)53(36-27-29-43-42-16-5-8-21-48(42)55-50(43)31-36)37-28-30-44-51(32-37)56-49-22-10-20-47(52(44)49)54-45-18-6-3-14-40(45)41-15-4-7-19-46(41)54/h1-32H. The van der Waals surface area contributed by atoms with Crippen LogP contribution in [0.25, 0.3) is 93.3 Å². The summed E-state index contributed by atoms with van der Waals surface area (Å²) in [5.41, 5.74) is 12.3. The zero-order valence-electron chi connectivity index (χ0n) is 30.2. The largest absolute Gasteiger partial charge is 0.456 e. The topological polar surface area (TPSA) is 34.5 Å². The summed E-state index contributed by atoms with van der Waals surface area (Å²) >= 11 is 0. The number of hydrogen-bond donors (Lipinski definition) is 0. The molecule has 0 unspecified atom stereocenters. The van der Waals surface area contributed by atoms with Crippen LogP contribution >= 0.6 is 0 Å². The van der Waals surface area contributed by atoms with E-state index in [2.05, 4.69) is 191 Å². The van der Waals surface area contributed by atoms with Crippen molar-refractivity contribution in [1.82, 2.24) is 4.57 Å². The molecule has 0 saturated carbocycles. The fraction of sp³-hybridized carbons (Fsp3) is 0. The molecule has 3 aromatic heterocycles. The van der Waals surface area contributed by atoms with Crippen molar-refractivity contribution in [3.05, 3.63) is 194 Å². The lowest BCUT2D eigenvalue weighted by Crippen LogP contribution is -2.09. The molecule has 0 saturated heterocycles. The molecular formula is C52H32N2O2. The smallest absolute Gasteiger partial charge is 0.137 e. The van der Waals surface area contributed by atoms with E-state index in [9.17, 15) is 0 Å². The van der Waals surface area contributed by atoms with E-state index < -0.39 is 0 Å². The maximum absolute atomic E-state index is 6.75. The molecule has 4 heteroatoms. The molecule has 0 aliphatic rings. The first kappa shape index (κ1) is 30.9. The van der Waals surface area contributed by atoms with Crippen LogP contribution in [0.1, 0.15) is 0 Å². The molecule has 0 aliphatic carbocycles. The fourth-order valence-electron chi connectivity index (χ4n) is 8.87. The van der Waals surface area contributed by atoms with Gasteiger partial charge in [-0.3, -0.25) is 0 Å². The number of aromatic nitrogens is 1. The van der Waals surface area contributed by atoms with E-state index in [-0.39, 0.29) is 0 Å². The van der Waals surface area contributed by atoms with Crippen molar-refractivity contribution in [2.75, 3.05) is 4.90 Å². The number of rotatable bonds is 5. The highest BCUT2D eigenvalue weighted by Gasteiger charge is 2.21. The third kappa shape index (κ3) is 4.60. The van der Waals surface area contributed by atoms with E-state index in [1.165, 1.54) is 43.7 Å². The Bertz CT molecular complexity index is 3430. The SMILES string of the molecule is c1ccc2c(-c3ccc(N(c4ccc5c(c4)oc4ccccc45)c4ccc5c(c4)oc4cccc(-n6c7ccccc7c7ccccc76)c45)cc3)cccc2c1. The Labute approximate surface area is 321 Å². The Kier molecular flexibility index (Phi) is 6.60. The van der Waals surface area contributed by atoms with Crippen LogP contribution in [-0.2, 0) is 0 Å². The minimum atomic E-state index is 0.827. The summed E-state index contributed by atoms with van der Waals surface area (Å²) in [6, 6.07) is 68.9. The van der Waals surface area contributed by atoms with Gasteiger partial charge in [-0.25, -0.2) is 0 Å². The molecule has 0 amide bonds. The van der Waals surface area contributed by atoms with Gasteiger partial charge in [-0.1, -0.05) is 115 Å². The molecule has 0 atom stereocenters. The van der Waals surface area contributed by atoms with Crippen LogP contribution in [0.5, 0.6) is 0 Å². The Balaban J connectivity index is 1.04. The molecule has 0 spiro atoms. The molecule has 0 radical (unpaired) electrons. The van der Waals surface area contributed by atoms with Crippen LogP contribution < -0.4 is 4.90 Å². The molecule has 0 bridgehead atoms. The number of para-hydroxylation sites is 3. The lowest BCUT2D eigenvalue weighted by Gasteiger charge is -2.25. The summed E-state index contributed by atoms with van der Waals surface area (Å²) in [7, 11) is 0. The van der Waals surface area contributed by atoms with E-state index in [0.29, 0.717) is 0 Å². The van der Waals surface area contributed by atoms with Crippen LogP contribution in [0, 0.1) is 0 Å². The summed E-state index contributed by atoms with van der Waals surface area (Å²) in [6.07, 6.45) is 0. The summed E-state index contributed by atoms with van der Waals surface area (Å²) < 4.78 is 15.5. The van der Waals surface area contributed by atoms with E-state index in [1.807, 2.05) is 12.1 Å². The van der Waals surface area contributed by atoms with Gasteiger partial charge in [-0.2, -0.15) is 0 Å². The molecule has 12 aromatic rings. The van der Waals surface area contributed by atoms with Crippen LogP contribution in [0.2, 0.25) is 0 Å². The minimum Gasteiger partial charge on any atom is -0.456 e. The van der Waals surface area contributed by atoms with Crippen molar-refractivity contribution in [2.24, 2.45) is 0 Å². The van der Waals surface area contributed by atoms with Crippen molar-refractivity contribution in [3.8, 4) is 16.8 Å². The lowest BCUT2D eigenvalue weighted by atomic mass is 9.98. The second kappa shape index (κ2) is 12.0. The predicted molar refractivity (Wildman–Crippen MR) is 233 cm³/mol. The van der Waals surface area contributed by atoms with Gasteiger partial charge >= 0.3 is 0 Å².